The van der Waals surface area contributed by atoms with Gasteiger partial charge in [0.25, 0.3) is 5.56 Å². The van der Waals surface area contributed by atoms with E-state index in [1.165, 1.54) is 0 Å². The molecule has 23 heavy (non-hydrogen) atoms. The lowest BCUT2D eigenvalue weighted by atomic mass is 10.1. The van der Waals surface area contributed by atoms with E-state index in [9.17, 15) is 9.59 Å². The number of carbonyl (C=O) groups excluding carboxylic acids is 1. The summed E-state index contributed by atoms with van der Waals surface area (Å²) in [5, 5.41) is 3.78. The number of aryl methyl sites for hydroxylation is 1. The summed E-state index contributed by atoms with van der Waals surface area (Å²) >= 11 is 0. The zero-order chi connectivity index (χ0) is 16.2. The van der Waals surface area contributed by atoms with Crippen molar-refractivity contribution in [1.82, 2.24) is 10.3 Å². The standard InChI is InChI=1S/C19H18N2O2/c1-13-6-2-3-7-14(13)11-18(22)20-12-16-10-15-8-4-5-9-17(15)21-19(16)23/h2-10H,11-12H2,1H3,(H,20,22)(H,21,23). The van der Waals surface area contributed by atoms with E-state index in [1.54, 1.807) is 0 Å². The van der Waals surface area contributed by atoms with E-state index in [-0.39, 0.29) is 18.0 Å². The molecule has 0 aliphatic carbocycles. The molecule has 0 bridgehead atoms. The fourth-order valence-corrected chi connectivity index (χ4v) is 2.56. The molecule has 3 aromatic rings. The Bertz CT molecular complexity index is 912. The predicted octanol–water partition coefficient (Wildman–Crippen LogP) is 2.70. The normalized spacial score (nSPS) is 10.7. The SMILES string of the molecule is Cc1ccccc1CC(=O)NCc1cc2ccccc2[nH]c1=O. The van der Waals surface area contributed by atoms with Crippen molar-refractivity contribution in [3.63, 3.8) is 0 Å². The first-order chi connectivity index (χ1) is 11.1. The molecule has 3 rings (SSSR count). The molecule has 4 nitrogen and oxygen atoms in total. The number of H-pyrrole nitrogens is 1. The van der Waals surface area contributed by atoms with Crippen molar-refractivity contribution in [2.24, 2.45) is 0 Å². The lowest BCUT2D eigenvalue weighted by Crippen LogP contribution is -2.28. The minimum absolute atomic E-state index is 0.0909. The van der Waals surface area contributed by atoms with E-state index in [4.69, 9.17) is 0 Å². The molecule has 0 saturated carbocycles. The van der Waals surface area contributed by atoms with Gasteiger partial charge in [0.2, 0.25) is 5.91 Å². The molecule has 0 radical (unpaired) electrons. The number of para-hydroxylation sites is 1. The Labute approximate surface area is 134 Å². The van der Waals surface area contributed by atoms with Crippen LogP contribution in [0.15, 0.2) is 59.4 Å². The number of nitrogens with one attached hydrogen (secondary N) is 2. The molecule has 1 aromatic heterocycles. The van der Waals surface area contributed by atoms with Crippen LogP contribution in [0.25, 0.3) is 10.9 Å². The second kappa shape index (κ2) is 6.48. The highest BCUT2D eigenvalue weighted by Crippen LogP contribution is 2.10. The number of hydrogen-bond donors (Lipinski definition) is 2. The van der Waals surface area contributed by atoms with Crippen molar-refractivity contribution >= 4 is 16.8 Å². The number of fused-ring (bicyclic) bond motifs is 1. The maximum absolute atomic E-state index is 12.1. The van der Waals surface area contributed by atoms with Crippen molar-refractivity contribution in [3.8, 4) is 0 Å². The maximum Gasteiger partial charge on any atom is 0.253 e. The van der Waals surface area contributed by atoms with Gasteiger partial charge in [-0.1, -0.05) is 42.5 Å². The molecule has 4 heteroatoms. The third kappa shape index (κ3) is 3.48. The molecule has 0 aliphatic rings. The summed E-state index contributed by atoms with van der Waals surface area (Å²) in [4.78, 5) is 27.0. The lowest BCUT2D eigenvalue weighted by Gasteiger charge is -2.08. The van der Waals surface area contributed by atoms with Crippen LogP contribution in [0.2, 0.25) is 0 Å². The van der Waals surface area contributed by atoms with Gasteiger partial charge in [0.1, 0.15) is 0 Å². The molecular formula is C19H18N2O2. The number of amides is 1. The molecular weight excluding hydrogens is 288 g/mol. The summed E-state index contributed by atoms with van der Waals surface area (Å²) in [5.74, 6) is -0.0909. The van der Waals surface area contributed by atoms with Gasteiger partial charge in [-0.05, 0) is 35.6 Å². The second-order valence-corrected chi connectivity index (χ2v) is 5.59. The first-order valence-corrected chi connectivity index (χ1v) is 7.55. The molecule has 1 heterocycles. The quantitative estimate of drug-likeness (QED) is 0.778. The smallest absolute Gasteiger partial charge is 0.253 e. The Balaban J connectivity index is 1.71. The van der Waals surface area contributed by atoms with Crippen LogP contribution in [0.4, 0.5) is 0 Å². The van der Waals surface area contributed by atoms with Crippen LogP contribution in [0.1, 0.15) is 16.7 Å². The Kier molecular flexibility index (Phi) is 4.24. The molecule has 0 fully saturated rings. The van der Waals surface area contributed by atoms with Crippen LogP contribution in [0.3, 0.4) is 0 Å². The highest BCUT2D eigenvalue weighted by Gasteiger charge is 2.07. The summed E-state index contributed by atoms with van der Waals surface area (Å²) in [6, 6.07) is 17.2. The van der Waals surface area contributed by atoms with Crippen LogP contribution in [0, 0.1) is 6.92 Å². The van der Waals surface area contributed by atoms with Crippen LogP contribution in [-0.2, 0) is 17.8 Å². The largest absolute Gasteiger partial charge is 0.352 e. The minimum atomic E-state index is -0.167. The van der Waals surface area contributed by atoms with Gasteiger partial charge in [0.15, 0.2) is 0 Å². The molecule has 0 aliphatic heterocycles. The zero-order valence-electron chi connectivity index (χ0n) is 12.9. The zero-order valence-corrected chi connectivity index (χ0v) is 12.9. The van der Waals surface area contributed by atoms with E-state index in [1.807, 2.05) is 61.5 Å². The average molecular weight is 306 g/mol. The molecule has 0 saturated heterocycles. The Morgan fingerprint density at radius 2 is 1.78 bits per heavy atom. The van der Waals surface area contributed by atoms with Gasteiger partial charge >= 0.3 is 0 Å². The molecule has 2 aromatic carbocycles. The van der Waals surface area contributed by atoms with Crippen LogP contribution in [0.5, 0.6) is 0 Å². The highest BCUT2D eigenvalue weighted by molar-refractivity contribution is 5.80. The van der Waals surface area contributed by atoms with E-state index in [2.05, 4.69) is 10.3 Å². The summed E-state index contributed by atoms with van der Waals surface area (Å²) in [6.45, 7) is 2.21. The predicted molar refractivity (Wildman–Crippen MR) is 91.3 cm³/mol. The van der Waals surface area contributed by atoms with Gasteiger partial charge in [-0.25, -0.2) is 0 Å². The van der Waals surface area contributed by atoms with Gasteiger partial charge < -0.3 is 10.3 Å². The Morgan fingerprint density at radius 3 is 2.61 bits per heavy atom. The molecule has 0 atom stereocenters. The molecule has 0 spiro atoms. The van der Waals surface area contributed by atoms with Gasteiger partial charge in [-0.2, -0.15) is 0 Å². The Morgan fingerprint density at radius 1 is 1.04 bits per heavy atom. The molecule has 116 valence electrons. The third-order valence-corrected chi connectivity index (χ3v) is 3.92. The van der Waals surface area contributed by atoms with Gasteiger partial charge in [-0.15, -0.1) is 0 Å². The lowest BCUT2D eigenvalue weighted by molar-refractivity contribution is -0.120. The summed E-state index contributed by atoms with van der Waals surface area (Å²) in [5.41, 5.74) is 3.28. The highest BCUT2D eigenvalue weighted by atomic mass is 16.1. The number of aromatic nitrogens is 1. The van der Waals surface area contributed by atoms with E-state index in [0.29, 0.717) is 12.0 Å². The van der Waals surface area contributed by atoms with E-state index < -0.39 is 0 Å². The van der Waals surface area contributed by atoms with Gasteiger partial charge in [-0.3, -0.25) is 9.59 Å². The average Bonchev–Trinajstić information content (AvgIpc) is 2.55. The second-order valence-electron chi connectivity index (χ2n) is 5.59. The van der Waals surface area contributed by atoms with Crippen LogP contribution in [-0.4, -0.2) is 10.9 Å². The first kappa shape index (κ1) is 15.0. The number of pyridine rings is 1. The van der Waals surface area contributed by atoms with Crippen LogP contribution < -0.4 is 10.9 Å². The summed E-state index contributed by atoms with van der Waals surface area (Å²) < 4.78 is 0. The minimum Gasteiger partial charge on any atom is -0.352 e. The molecule has 2 N–H and O–H groups in total. The number of carbonyl (C=O) groups is 1. The molecule has 1 amide bonds. The summed E-state index contributed by atoms with van der Waals surface area (Å²) in [7, 11) is 0. The van der Waals surface area contributed by atoms with Crippen molar-refractivity contribution in [3.05, 3.63) is 81.6 Å². The van der Waals surface area contributed by atoms with Crippen molar-refractivity contribution < 1.29 is 4.79 Å². The fourth-order valence-electron chi connectivity index (χ4n) is 2.56. The van der Waals surface area contributed by atoms with Gasteiger partial charge in [0, 0.05) is 17.6 Å². The third-order valence-electron chi connectivity index (χ3n) is 3.92. The number of benzene rings is 2. The first-order valence-electron chi connectivity index (χ1n) is 7.55. The molecule has 0 unspecified atom stereocenters. The number of rotatable bonds is 4. The Hall–Kier alpha value is -2.88. The topological polar surface area (TPSA) is 62.0 Å². The van der Waals surface area contributed by atoms with E-state index >= 15 is 0 Å². The van der Waals surface area contributed by atoms with Crippen molar-refractivity contribution in [1.29, 1.82) is 0 Å². The summed E-state index contributed by atoms with van der Waals surface area (Å²) in [6.07, 6.45) is 0.318. The van der Waals surface area contributed by atoms with Crippen LogP contribution >= 0.6 is 0 Å². The maximum atomic E-state index is 12.1. The number of hydrogen-bond acceptors (Lipinski definition) is 2. The van der Waals surface area contributed by atoms with Crippen molar-refractivity contribution in [2.45, 2.75) is 19.9 Å². The monoisotopic (exact) mass is 306 g/mol. The van der Waals surface area contributed by atoms with Gasteiger partial charge in [0.05, 0.1) is 6.42 Å². The number of aromatic amines is 1. The fraction of sp³-hybridized carbons (Fsp3) is 0.158. The van der Waals surface area contributed by atoms with E-state index in [0.717, 1.165) is 22.0 Å². The van der Waals surface area contributed by atoms with Crippen molar-refractivity contribution in [2.75, 3.05) is 0 Å².